The molecule has 1 fully saturated rings. The molecule has 1 saturated carbocycles. The molecule has 0 spiro atoms. The molecule has 0 radical (unpaired) electrons. The van der Waals surface area contributed by atoms with Crippen LogP contribution in [0.15, 0.2) is 30.6 Å². The molecule has 2 aromatic rings. The van der Waals surface area contributed by atoms with E-state index in [0.717, 1.165) is 24.2 Å². The zero-order valence-electron chi connectivity index (χ0n) is 12.2. The molecule has 0 aliphatic heterocycles. The summed E-state index contributed by atoms with van der Waals surface area (Å²) in [4.78, 5) is 16.8. The second-order valence-corrected chi connectivity index (χ2v) is 5.69. The van der Waals surface area contributed by atoms with E-state index in [2.05, 4.69) is 10.3 Å². The number of rotatable bonds is 4. The summed E-state index contributed by atoms with van der Waals surface area (Å²) in [7, 11) is 1.93. The molecule has 21 heavy (non-hydrogen) atoms. The van der Waals surface area contributed by atoms with Gasteiger partial charge in [0.2, 0.25) is 0 Å². The molecule has 1 aliphatic carbocycles. The van der Waals surface area contributed by atoms with Crippen LogP contribution in [0.1, 0.15) is 40.6 Å². The number of carbonyl (C=O) groups is 1. The average Bonchev–Trinajstić information content (AvgIpc) is 3.21. The van der Waals surface area contributed by atoms with Gasteiger partial charge in [-0.3, -0.25) is 4.79 Å². The largest absolute Gasteiger partial charge is 0.508 e. The smallest absolute Gasteiger partial charge is 0.252 e. The maximum atomic E-state index is 12.4. The SMILES string of the molecule is Cc1ccc(C(=O)N[C@@H](c2nccn2C)C2CC2)cc1O. The Balaban J connectivity index is 1.81. The van der Waals surface area contributed by atoms with Crippen molar-refractivity contribution >= 4 is 5.91 Å². The van der Waals surface area contributed by atoms with Gasteiger partial charge >= 0.3 is 0 Å². The summed E-state index contributed by atoms with van der Waals surface area (Å²) in [6, 6.07) is 4.91. The maximum absolute atomic E-state index is 12.4. The fraction of sp³-hybridized carbons (Fsp3) is 0.375. The first-order chi connectivity index (χ1) is 10.1. The molecule has 5 nitrogen and oxygen atoms in total. The Kier molecular flexibility index (Phi) is 3.41. The van der Waals surface area contributed by atoms with Gasteiger partial charge in [-0.25, -0.2) is 4.98 Å². The monoisotopic (exact) mass is 285 g/mol. The maximum Gasteiger partial charge on any atom is 0.252 e. The average molecular weight is 285 g/mol. The van der Waals surface area contributed by atoms with Crippen LogP contribution in [-0.4, -0.2) is 20.6 Å². The van der Waals surface area contributed by atoms with Crippen LogP contribution >= 0.6 is 0 Å². The van der Waals surface area contributed by atoms with Crippen molar-refractivity contribution < 1.29 is 9.90 Å². The van der Waals surface area contributed by atoms with Crippen molar-refractivity contribution in [1.82, 2.24) is 14.9 Å². The Hall–Kier alpha value is -2.30. The molecule has 3 rings (SSSR count). The molecule has 0 bridgehead atoms. The predicted molar refractivity (Wildman–Crippen MR) is 79.0 cm³/mol. The molecule has 2 N–H and O–H groups in total. The van der Waals surface area contributed by atoms with E-state index >= 15 is 0 Å². The summed E-state index contributed by atoms with van der Waals surface area (Å²) in [5, 5.41) is 12.8. The van der Waals surface area contributed by atoms with Crippen LogP contribution in [0.5, 0.6) is 5.75 Å². The van der Waals surface area contributed by atoms with Gasteiger partial charge in [0.05, 0.1) is 6.04 Å². The van der Waals surface area contributed by atoms with E-state index in [9.17, 15) is 9.90 Å². The summed E-state index contributed by atoms with van der Waals surface area (Å²) in [5.41, 5.74) is 1.23. The van der Waals surface area contributed by atoms with Crippen LogP contribution in [-0.2, 0) is 7.05 Å². The minimum atomic E-state index is -0.176. The Morgan fingerprint density at radius 3 is 2.81 bits per heavy atom. The molecule has 0 saturated heterocycles. The van der Waals surface area contributed by atoms with Gasteiger partial charge in [-0.2, -0.15) is 0 Å². The highest BCUT2D eigenvalue weighted by Crippen LogP contribution is 2.40. The molecule has 5 heteroatoms. The molecular weight excluding hydrogens is 266 g/mol. The van der Waals surface area contributed by atoms with Gasteiger partial charge < -0.3 is 15.0 Å². The number of amides is 1. The van der Waals surface area contributed by atoms with Crippen LogP contribution in [0.4, 0.5) is 0 Å². The lowest BCUT2D eigenvalue weighted by Crippen LogP contribution is -2.31. The van der Waals surface area contributed by atoms with Gasteiger partial charge in [-0.1, -0.05) is 6.07 Å². The van der Waals surface area contributed by atoms with Crippen molar-refractivity contribution in [3.8, 4) is 5.75 Å². The van der Waals surface area contributed by atoms with Crippen molar-refractivity contribution in [2.75, 3.05) is 0 Å². The highest BCUT2D eigenvalue weighted by atomic mass is 16.3. The van der Waals surface area contributed by atoms with Gasteiger partial charge in [0, 0.05) is 25.0 Å². The number of imidazole rings is 1. The van der Waals surface area contributed by atoms with E-state index in [4.69, 9.17) is 0 Å². The van der Waals surface area contributed by atoms with Crippen LogP contribution in [0.2, 0.25) is 0 Å². The third-order valence-corrected chi connectivity index (χ3v) is 3.99. The Morgan fingerprint density at radius 2 is 2.24 bits per heavy atom. The summed E-state index contributed by atoms with van der Waals surface area (Å²) in [6.45, 7) is 1.80. The van der Waals surface area contributed by atoms with Crippen LogP contribution in [0.25, 0.3) is 0 Å². The highest BCUT2D eigenvalue weighted by Gasteiger charge is 2.35. The zero-order chi connectivity index (χ0) is 15.0. The van der Waals surface area contributed by atoms with Crippen LogP contribution in [0, 0.1) is 12.8 Å². The van der Waals surface area contributed by atoms with Crippen molar-refractivity contribution in [2.45, 2.75) is 25.8 Å². The van der Waals surface area contributed by atoms with Crippen LogP contribution < -0.4 is 5.32 Å². The minimum Gasteiger partial charge on any atom is -0.508 e. The topological polar surface area (TPSA) is 67.2 Å². The number of phenols is 1. The summed E-state index contributed by atoms with van der Waals surface area (Å²) >= 11 is 0. The van der Waals surface area contributed by atoms with Gasteiger partial charge in [-0.05, 0) is 43.4 Å². The third-order valence-electron chi connectivity index (χ3n) is 3.99. The molecule has 1 aromatic carbocycles. The number of hydrogen-bond acceptors (Lipinski definition) is 3. The van der Waals surface area contributed by atoms with Gasteiger partial charge in [0.25, 0.3) is 5.91 Å². The van der Waals surface area contributed by atoms with Crippen molar-refractivity contribution in [2.24, 2.45) is 13.0 Å². The zero-order valence-corrected chi connectivity index (χ0v) is 12.2. The first-order valence-electron chi connectivity index (χ1n) is 7.14. The number of nitrogens with zero attached hydrogens (tertiary/aromatic N) is 2. The molecule has 1 amide bonds. The number of carbonyl (C=O) groups excluding carboxylic acids is 1. The Bertz CT molecular complexity index is 674. The molecule has 1 aliphatic rings. The summed E-state index contributed by atoms with van der Waals surface area (Å²) in [6.07, 6.45) is 5.84. The predicted octanol–water partition coefficient (Wildman–Crippen LogP) is 2.32. The van der Waals surface area contributed by atoms with Crippen molar-refractivity contribution in [3.63, 3.8) is 0 Å². The second-order valence-electron chi connectivity index (χ2n) is 5.69. The molecule has 1 heterocycles. The number of nitrogens with one attached hydrogen (secondary N) is 1. The van der Waals surface area contributed by atoms with E-state index in [1.807, 2.05) is 17.8 Å². The van der Waals surface area contributed by atoms with Crippen LogP contribution in [0.3, 0.4) is 0 Å². The standard InChI is InChI=1S/C16H19N3O2/c1-10-3-4-12(9-13(10)20)16(21)18-14(11-5-6-11)15-17-7-8-19(15)2/h3-4,7-9,11,14,20H,5-6H2,1-2H3,(H,18,21)/t14-/m1/s1. The summed E-state index contributed by atoms with van der Waals surface area (Å²) < 4.78 is 1.94. The van der Waals surface area contributed by atoms with Gasteiger partial charge in [-0.15, -0.1) is 0 Å². The number of aryl methyl sites for hydroxylation is 2. The lowest BCUT2D eigenvalue weighted by atomic mass is 10.1. The highest BCUT2D eigenvalue weighted by molar-refractivity contribution is 5.95. The number of aromatic nitrogens is 2. The minimum absolute atomic E-state index is 0.0686. The Morgan fingerprint density at radius 1 is 1.48 bits per heavy atom. The first kappa shape index (κ1) is 13.7. The fourth-order valence-electron chi connectivity index (χ4n) is 2.47. The normalized spacial score (nSPS) is 15.7. The quantitative estimate of drug-likeness (QED) is 0.906. The summed E-state index contributed by atoms with van der Waals surface area (Å²) in [5.74, 6) is 1.30. The van der Waals surface area contributed by atoms with E-state index in [-0.39, 0.29) is 17.7 Å². The lowest BCUT2D eigenvalue weighted by molar-refractivity contribution is 0.0928. The Labute approximate surface area is 123 Å². The molecule has 1 atom stereocenters. The van der Waals surface area contributed by atoms with E-state index in [0.29, 0.717) is 11.5 Å². The van der Waals surface area contributed by atoms with Gasteiger partial charge in [0.1, 0.15) is 11.6 Å². The molecule has 110 valence electrons. The van der Waals surface area contributed by atoms with Crippen molar-refractivity contribution in [1.29, 1.82) is 0 Å². The molecule has 1 aromatic heterocycles. The van der Waals surface area contributed by atoms with E-state index < -0.39 is 0 Å². The number of phenolic OH excluding ortho intramolecular Hbond substituents is 1. The number of hydrogen-bond donors (Lipinski definition) is 2. The van der Waals surface area contributed by atoms with E-state index in [1.54, 1.807) is 25.3 Å². The second kappa shape index (κ2) is 5.24. The molecule has 0 unspecified atom stereocenters. The third kappa shape index (κ3) is 2.77. The molecular formula is C16H19N3O2. The number of benzene rings is 1. The number of aromatic hydroxyl groups is 1. The van der Waals surface area contributed by atoms with E-state index in [1.165, 1.54) is 6.07 Å². The fourth-order valence-corrected chi connectivity index (χ4v) is 2.47. The van der Waals surface area contributed by atoms with Gasteiger partial charge in [0.15, 0.2) is 0 Å². The lowest BCUT2D eigenvalue weighted by Gasteiger charge is -2.18. The van der Waals surface area contributed by atoms with Crippen molar-refractivity contribution in [3.05, 3.63) is 47.5 Å². The first-order valence-corrected chi connectivity index (χ1v) is 7.14.